The average Bonchev–Trinajstić information content (AvgIpc) is 3.80. The van der Waals surface area contributed by atoms with Gasteiger partial charge in [0, 0.05) is 13.1 Å². The molecule has 1 aliphatic heterocycles. The highest BCUT2D eigenvalue weighted by molar-refractivity contribution is 7.89. The van der Waals surface area contributed by atoms with Gasteiger partial charge in [-0.15, -0.1) is 6.58 Å². The molecule has 5 atom stereocenters. The van der Waals surface area contributed by atoms with Crippen LogP contribution >= 0.6 is 0 Å². The number of Topliss-reactive ketones (excluding diaryl/α,β-unsaturated/α-hetero) is 1. The predicted molar refractivity (Wildman–Crippen MR) is 194 cm³/mol. The summed E-state index contributed by atoms with van der Waals surface area (Å²) < 4.78 is 29.6. The lowest BCUT2D eigenvalue weighted by molar-refractivity contribution is -0.146. The number of hydrogen-bond donors (Lipinski definition) is 4. The first-order valence-corrected chi connectivity index (χ1v) is 19.9. The highest BCUT2D eigenvalue weighted by atomic mass is 32.2. The summed E-state index contributed by atoms with van der Waals surface area (Å²) in [4.78, 5) is 70.3. The van der Waals surface area contributed by atoms with E-state index in [4.69, 9.17) is 0 Å². The number of likely N-dealkylation sites (tertiary alicyclic amines) is 1. The number of rotatable bonds is 16. The zero-order valence-corrected chi connectivity index (χ0v) is 31.6. The first-order valence-electron chi connectivity index (χ1n) is 18.5. The Kier molecular flexibility index (Phi) is 13.6. The number of benzene rings is 1. The Hall–Kier alpha value is -3.58. The number of nitrogens with zero attached hydrogens (tertiary/aromatic N) is 1. The Bertz CT molecular complexity index is 1530. The molecule has 51 heavy (non-hydrogen) atoms. The van der Waals surface area contributed by atoms with Crippen molar-refractivity contribution in [2.75, 3.05) is 13.1 Å². The second-order valence-corrected chi connectivity index (χ2v) is 17.6. The lowest BCUT2D eigenvalue weighted by Gasteiger charge is -2.38. The van der Waals surface area contributed by atoms with Gasteiger partial charge in [0.1, 0.15) is 18.1 Å². The molecule has 0 bridgehead atoms. The molecule has 4 amide bonds. The van der Waals surface area contributed by atoms with Crippen molar-refractivity contribution in [1.82, 2.24) is 25.6 Å². The molecule has 12 nitrogen and oxygen atoms in total. The van der Waals surface area contributed by atoms with E-state index in [1.807, 2.05) is 34.6 Å². The predicted octanol–water partition coefficient (Wildman–Crippen LogP) is 3.47. The number of carbonyl (C=O) groups excluding carboxylic acids is 5. The van der Waals surface area contributed by atoms with Crippen molar-refractivity contribution in [1.29, 1.82) is 0 Å². The number of carbonyl (C=O) groups is 5. The molecule has 1 heterocycles. The fourth-order valence-corrected chi connectivity index (χ4v) is 8.68. The van der Waals surface area contributed by atoms with Crippen LogP contribution in [0.15, 0.2) is 47.9 Å². The molecule has 282 valence electrons. The maximum atomic E-state index is 14.6. The van der Waals surface area contributed by atoms with E-state index in [2.05, 4.69) is 27.3 Å². The minimum atomic E-state index is -4.05. The highest BCUT2D eigenvalue weighted by Gasteiger charge is 2.48. The van der Waals surface area contributed by atoms with Gasteiger partial charge < -0.3 is 20.9 Å². The van der Waals surface area contributed by atoms with Crippen LogP contribution in [0.3, 0.4) is 0 Å². The van der Waals surface area contributed by atoms with E-state index in [-0.39, 0.29) is 41.7 Å². The van der Waals surface area contributed by atoms with E-state index in [9.17, 15) is 32.4 Å². The molecular formula is C38H57N5O7S. The number of sulfonamides is 1. The summed E-state index contributed by atoms with van der Waals surface area (Å²) in [6, 6.07) is 3.73. The van der Waals surface area contributed by atoms with Crippen LogP contribution in [0.25, 0.3) is 0 Å². The molecule has 0 aromatic heterocycles. The van der Waals surface area contributed by atoms with Crippen LogP contribution in [-0.2, 0) is 34.0 Å². The highest BCUT2D eigenvalue weighted by Crippen LogP contribution is 2.36. The Morgan fingerprint density at radius 3 is 2.16 bits per heavy atom. The lowest BCUT2D eigenvalue weighted by Crippen LogP contribution is -2.62. The summed E-state index contributed by atoms with van der Waals surface area (Å²) in [6.45, 7) is 13.3. The first kappa shape index (κ1) is 40.2. The standard InChI is InChI=1S/C38H57N5O7S/c1-7-21-39-36(47)32(44)29(23-25-18-19-25)40-35(46)31-28(24(2)3)20-22-43(31)37(48)33(38(4,5)6)41-34(45)30(26-14-10-8-11-15-26)42-51(49,50)27-16-12-9-13-17-27/h7,9,12-13,16-17,24-26,28-31,33,42H,1,8,10-11,14-15,18-23H2,2-6H3,(H,39,47)(H,40,46)(H,41,45)/t28-,29?,30+,31+,33-/m1/s1. The van der Waals surface area contributed by atoms with Gasteiger partial charge in [0.05, 0.1) is 10.9 Å². The molecule has 4 rings (SSSR count). The number of nitrogens with one attached hydrogen (secondary N) is 4. The van der Waals surface area contributed by atoms with Crippen molar-refractivity contribution < 1.29 is 32.4 Å². The van der Waals surface area contributed by atoms with Crippen molar-refractivity contribution in [3.05, 3.63) is 43.0 Å². The van der Waals surface area contributed by atoms with Gasteiger partial charge in [0.25, 0.3) is 5.91 Å². The van der Waals surface area contributed by atoms with Crippen LogP contribution in [0, 0.1) is 29.1 Å². The molecule has 4 N–H and O–H groups in total. The van der Waals surface area contributed by atoms with Crippen LogP contribution in [-0.4, -0.2) is 80.0 Å². The van der Waals surface area contributed by atoms with E-state index < -0.39 is 69.0 Å². The van der Waals surface area contributed by atoms with Crippen LogP contribution in [0.2, 0.25) is 0 Å². The second-order valence-electron chi connectivity index (χ2n) is 15.9. The molecule has 13 heteroatoms. The van der Waals surface area contributed by atoms with E-state index >= 15 is 0 Å². The van der Waals surface area contributed by atoms with Crippen LogP contribution < -0.4 is 20.7 Å². The molecule has 3 aliphatic rings. The Morgan fingerprint density at radius 2 is 1.59 bits per heavy atom. The molecule has 1 aromatic carbocycles. The molecular weight excluding hydrogens is 671 g/mol. The summed E-state index contributed by atoms with van der Waals surface area (Å²) in [5.74, 6) is -3.34. The molecule has 1 aromatic rings. The molecule has 0 radical (unpaired) electrons. The quantitative estimate of drug-likeness (QED) is 0.149. The summed E-state index contributed by atoms with van der Waals surface area (Å²) in [5.41, 5.74) is -0.813. The molecule has 2 saturated carbocycles. The van der Waals surface area contributed by atoms with Crippen molar-refractivity contribution >= 4 is 39.4 Å². The molecule has 2 aliphatic carbocycles. The topological polar surface area (TPSA) is 171 Å². The van der Waals surface area contributed by atoms with Gasteiger partial charge in [-0.25, -0.2) is 8.42 Å². The van der Waals surface area contributed by atoms with Gasteiger partial charge in [-0.3, -0.25) is 24.0 Å². The van der Waals surface area contributed by atoms with E-state index in [1.54, 1.807) is 18.2 Å². The molecule has 0 spiro atoms. The summed E-state index contributed by atoms with van der Waals surface area (Å²) >= 11 is 0. The molecule has 3 fully saturated rings. The van der Waals surface area contributed by atoms with Crippen molar-refractivity contribution in [3.63, 3.8) is 0 Å². The lowest BCUT2D eigenvalue weighted by atomic mass is 9.82. The molecule has 1 saturated heterocycles. The second kappa shape index (κ2) is 17.3. The third kappa shape index (κ3) is 10.5. The van der Waals surface area contributed by atoms with Gasteiger partial charge in [-0.2, -0.15) is 4.72 Å². The van der Waals surface area contributed by atoms with Gasteiger partial charge in [-0.1, -0.05) is 91.0 Å². The zero-order valence-electron chi connectivity index (χ0n) is 30.8. The van der Waals surface area contributed by atoms with Gasteiger partial charge >= 0.3 is 0 Å². The van der Waals surface area contributed by atoms with E-state index in [0.29, 0.717) is 25.7 Å². The van der Waals surface area contributed by atoms with Gasteiger partial charge in [-0.05, 0) is 66.9 Å². The number of ketones is 1. The Balaban J connectivity index is 1.60. The van der Waals surface area contributed by atoms with Crippen molar-refractivity contribution in [2.45, 2.75) is 121 Å². The SMILES string of the molecule is C=CCNC(=O)C(=O)C(CC1CC1)NC(=O)[C@@H]1[C@@H](C(C)C)CCN1C(=O)[C@@H](NC(=O)[C@@H](NS(=O)(=O)c1ccccc1)C1CCCCC1)C(C)(C)C. The van der Waals surface area contributed by atoms with Gasteiger partial charge in [0.2, 0.25) is 33.5 Å². The summed E-state index contributed by atoms with van der Waals surface area (Å²) in [6.07, 6.45) is 8.22. The fraction of sp³-hybridized carbons (Fsp3) is 0.658. The van der Waals surface area contributed by atoms with Crippen LogP contribution in [0.4, 0.5) is 0 Å². The maximum Gasteiger partial charge on any atom is 0.289 e. The smallest absolute Gasteiger partial charge is 0.289 e. The van der Waals surface area contributed by atoms with Crippen LogP contribution in [0.1, 0.15) is 92.4 Å². The minimum absolute atomic E-state index is 0.0118. The monoisotopic (exact) mass is 727 g/mol. The summed E-state index contributed by atoms with van der Waals surface area (Å²) in [5, 5.41) is 8.28. The Labute approximate surface area is 303 Å². The fourth-order valence-electron chi connectivity index (χ4n) is 7.40. The normalized spacial score (nSPS) is 21.7. The van der Waals surface area contributed by atoms with Crippen molar-refractivity contribution in [2.24, 2.45) is 29.1 Å². The summed E-state index contributed by atoms with van der Waals surface area (Å²) in [7, 11) is -4.05. The average molecular weight is 728 g/mol. The number of amides is 4. The number of hydrogen-bond acceptors (Lipinski definition) is 7. The largest absolute Gasteiger partial charge is 0.346 e. The van der Waals surface area contributed by atoms with Crippen LogP contribution in [0.5, 0.6) is 0 Å². The maximum absolute atomic E-state index is 14.6. The third-order valence-electron chi connectivity index (χ3n) is 10.5. The Morgan fingerprint density at radius 1 is 0.941 bits per heavy atom. The third-order valence-corrected chi connectivity index (χ3v) is 12.0. The van der Waals surface area contributed by atoms with E-state index in [1.165, 1.54) is 23.1 Å². The van der Waals surface area contributed by atoms with E-state index in [0.717, 1.165) is 32.1 Å². The molecule has 1 unspecified atom stereocenters. The van der Waals surface area contributed by atoms with Gasteiger partial charge in [0.15, 0.2) is 0 Å². The first-order chi connectivity index (χ1) is 24.0. The zero-order chi connectivity index (χ0) is 37.5. The minimum Gasteiger partial charge on any atom is -0.346 e. The van der Waals surface area contributed by atoms with Crippen molar-refractivity contribution in [3.8, 4) is 0 Å².